The first-order valence-corrected chi connectivity index (χ1v) is 7.14. The minimum atomic E-state index is -0.860. The Bertz CT molecular complexity index is 681. The van der Waals surface area contributed by atoms with Crippen LogP contribution < -0.4 is 0 Å². The second-order valence-corrected chi connectivity index (χ2v) is 5.43. The third kappa shape index (κ3) is 3.06. The molecule has 0 amide bonds. The van der Waals surface area contributed by atoms with Gasteiger partial charge in [0.25, 0.3) is 0 Å². The summed E-state index contributed by atoms with van der Waals surface area (Å²) in [5.74, 6) is -1.02. The summed E-state index contributed by atoms with van der Waals surface area (Å²) in [4.78, 5) is 16.7. The van der Waals surface area contributed by atoms with Gasteiger partial charge >= 0.3 is 0 Å². The summed E-state index contributed by atoms with van der Waals surface area (Å²) in [6.07, 6.45) is 3.63. The zero-order chi connectivity index (χ0) is 17.1. The number of aromatic hydroxyl groups is 1. The van der Waals surface area contributed by atoms with Crippen molar-refractivity contribution in [2.24, 2.45) is 5.92 Å². The lowest BCUT2D eigenvalue weighted by Crippen LogP contribution is -2.28. The highest BCUT2D eigenvalue weighted by Crippen LogP contribution is 2.32. The first-order chi connectivity index (χ1) is 10.9. The number of hydrogen-bond acceptors (Lipinski definition) is 7. The molecule has 124 valence electrons. The Morgan fingerprint density at radius 3 is 2.52 bits per heavy atom. The molecule has 0 aromatic carbocycles. The highest BCUT2D eigenvalue weighted by molar-refractivity contribution is 5.64. The van der Waals surface area contributed by atoms with Gasteiger partial charge in [-0.15, -0.1) is 0 Å². The molecule has 0 saturated heterocycles. The molecule has 0 spiro atoms. The minimum absolute atomic E-state index is 0.0275. The molecule has 0 saturated carbocycles. The Kier molecular flexibility index (Phi) is 5.02. The molecule has 0 fully saturated rings. The predicted octanol–water partition coefficient (Wildman–Crippen LogP) is 0.884. The van der Waals surface area contributed by atoms with Crippen molar-refractivity contribution >= 4 is 6.29 Å². The molecule has 7 heteroatoms. The maximum absolute atomic E-state index is 11.1. The van der Waals surface area contributed by atoms with Gasteiger partial charge in [0, 0.05) is 23.5 Å². The van der Waals surface area contributed by atoms with Gasteiger partial charge in [-0.2, -0.15) is 0 Å². The fourth-order valence-corrected chi connectivity index (χ4v) is 2.55. The molecule has 1 aromatic heterocycles. The van der Waals surface area contributed by atoms with E-state index in [0.29, 0.717) is 34.4 Å². The van der Waals surface area contributed by atoms with E-state index in [2.05, 4.69) is 4.98 Å². The molecule has 2 heterocycles. The number of pyridine rings is 1. The van der Waals surface area contributed by atoms with Crippen LogP contribution in [0.1, 0.15) is 23.7 Å². The smallest absolute Gasteiger partial charge is 0.142 e. The third-order valence-corrected chi connectivity index (χ3v) is 4.06. The summed E-state index contributed by atoms with van der Waals surface area (Å²) in [5, 5.41) is 39.2. The number of aldehydes is 1. The largest absolute Gasteiger partial charge is 0.509 e. The van der Waals surface area contributed by atoms with E-state index >= 15 is 0 Å². The van der Waals surface area contributed by atoms with Gasteiger partial charge in [-0.3, -0.25) is 4.98 Å². The van der Waals surface area contributed by atoms with Crippen molar-refractivity contribution in [3.8, 4) is 5.75 Å². The number of allylic oxidation sites excluding steroid dienone is 2. The highest BCUT2D eigenvalue weighted by Gasteiger charge is 2.28. The fourth-order valence-electron chi connectivity index (χ4n) is 2.55. The van der Waals surface area contributed by atoms with Gasteiger partial charge in [0.1, 0.15) is 17.8 Å². The van der Waals surface area contributed by atoms with Crippen molar-refractivity contribution in [2.45, 2.75) is 27.0 Å². The summed E-state index contributed by atoms with van der Waals surface area (Å²) in [6.45, 7) is 2.79. The monoisotopic (exact) mass is 320 g/mol. The van der Waals surface area contributed by atoms with Crippen LogP contribution in [0.15, 0.2) is 29.4 Å². The quantitative estimate of drug-likeness (QED) is 0.596. The Morgan fingerprint density at radius 1 is 1.26 bits per heavy atom. The maximum Gasteiger partial charge on any atom is 0.142 e. The number of nitrogens with zero attached hydrogens (tertiary/aromatic N) is 2. The summed E-state index contributed by atoms with van der Waals surface area (Å²) < 4.78 is 0. The molecule has 0 bridgehead atoms. The summed E-state index contributed by atoms with van der Waals surface area (Å²) in [5.41, 5.74) is 2.18. The lowest BCUT2D eigenvalue weighted by Gasteiger charge is -2.31. The lowest BCUT2D eigenvalue weighted by molar-refractivity contribution is -0.110. The van der Waals surface area contributed by atoms with Crippen LogP contribution >= 0.6 is 0 Å². The van der Waals surface area contributed by atoms with Crippen LogP contribution in [-0.2, 0) is 17.9 Å². The summed E-state index contributed by atoms with van der Waals surface area (Å²) in [6, 6.07) is 0. The van der Waals surface area contributed by atoms with Crippen molar-refractivity contribution in [1.82, 2.24) is 9.88 Å². The van der Waals surface area contributed by atoms with Gasteiger partial charge in [0.15, 0.2) is 0 Å². The zero-order valence-corrected chi connectivity index (χ0v) is 13.0. The van der Waals surface area contributed by atoms with E-state index in [9.17, 15) is 25.2 Å². The second kappa shape index (κ2) is 6.80. The van der Waals surface area contributed by atoms with Gasteiger partial charge in [0.05, 0.1) is 37.1 Å². The Labute approximate surface area is 133 Å². The van der Waals surface area contributed by atoms with Crippen molar-refractivity contribution < 1.29 is 25.2 Å². The number of carbonyl (C=O) groups excluding carboxylic acids is 1. The van der Waals surface area contributed by atoms with Crippen molar-refractivity contribution in [3.05, 3.63) is 46.2 Å². The van der Waals surface area contributed by atoms with Crippen LogP contribution in [0.25, 0.3) is 0 Å². The molecule has 1 aliphatic rings. The van der Waals surface area contributed by atoms with Crippen molar-refractivity contribution in [3.63, 3.8) is 0 Å². The zero-order valence-electron chi connectivity index (χ0n) is 13.0. The average Bonchev–Trinajstić information content (AvgIpc) is 2.55. The number of aliphatic hydroxyl groups excluding tert-OH is 3. The topological polar surface area (TPSA) is 114 Å². The standard InChI is InChI=1S/C16H20N2O5/c1-9-15(22)13(11(6-19)3-17-9)5-18-4-12(7-20)14(8-21)16(23)10(18)2/h3-4,8,14,19-20,22-23H,5-7H2,1-2H3. The number of aliphatic hydroxyl groups is 3. The third-order valence-electron chi connectivity index (χ3n) is 4.06. The van der Waals surface area contributed by atoms with E-state index in [1.807, 2.05) is 0 Å². The molecule has 1 atom stereocenters. The summed E-state index contributed by atoms with van der Waals surface area (Å²) >= 11 is 0. The van der Waals surface area contributed by atoms with Crippen LogP contribution in [0.5, 0.6) is 5.75 Å². The predicted molar refractivity (Wildman–Crippen MR) is 82.2 cm³/mol. The van der Waals surface area contributed by atoms with E-state index < -0.39 is 5.92 Å². The van der Waals surface area contributed by atoms with Gasteiger partial charge in [0.2, 0.25) is 0 Å². The summed E-state index contributed by atoms with van der Waals surface area (Å²) in [7, 11) is 0. The van der Waals surface area contributed by atoms with Crippen LogP contribution in [0.3, 0.4) is 0 Å². The molecular formula is C16H20N2O5. The Balaban J connectivity index is 2.44. The number of carbonyl (C=O) groups is 1. The van der Waals surface area contributed by atoms with Gasteiger partial charge in [-0.25, -0.2) is 0 Å². The normalized spacial score (nSPS) is 18.2. The second-order valence-electron chi connectivity index (χ2n) is 5.43. The Hall–Kier alpha value is -2.38. The number of aryl methyl sites for hydroxylation is 1. The first-order valence-electron chi connectivity index (χ1n) is 7.14. The number of aromatic nitrogens is 1. The number of hydrogen-bond donors (Lipinski definition) is 4. The first kappa shape index (κ1) is 17.0. The van der Waals surface area contributed by atoms with E-state index in [4.69, 9.17) is 0 Å². The Morgan fingerprint density at radius 2 is 1.96 bits per heavy atom. The van der Waals surface area contributed by atoms with E-state index in [1.54, 1.807) is 24.9 Å². The molecule has 0 radical (unpaired) electrons. The van der Waals surface area contributed by atoms with E-state index in [1.165, 1.54) is 6.20 Å². The number of rotatable bonds is 5. The molecule has 1 aromatic rings. The van der Waals surface area contributed by atoms with Crippen LogP contribution in [0.4, 0.5) is 0 Å². The van der Waals surface area contributed by atoms with Crippen LogP contribution in [0.2, 0.25) is 0 Å². The fraction of sp³-hybridized carbons (Fsp3) is 0.375. The van der Waals surface area contributed by atoms with E-state index in [-0.39, 0.29) is 31.3 Å². The lowest BCUT2D eigenvalue weighted by atomic mass is 9.94. The molecular weight excluding hydrogens is 300 g/mol. The van der Waals surface area contributed by atoms with Crippen molar-refractivity contribution in [2.75, 3.05) is 6.61 Å². The highest BCUT2D eigenvalue weighted by atomic mass is 16.3. The van der Waals surface area contributed by atoms with Crippen LogP contribution in [-0.4, -0.2) is 43.2 Å². The molecule has 23 heavy (non-hydrogen) atoms. The SMILES string of the molecule is CC1=C(O)C(C=O)C(CO)=CN1Cc1c(CO)cnc(C)c1O. The van der Waals surface area contributed by atoms with Gasteiger partial charge in [-0.1, -0.05) is 0 Å². The van der Waals surface area contributed by atoms with Crippen molar-refractivity contribution in [1.29, 1.82) is 0 Å². The molecule has 2 rings (SSSR count). The molecule has 0 aliphatic carbocycles. The minimum Gasteiger partial charge on any atom is -0.509 e. The molecule has 1 unspecified atom stereocenters. The molecule has 1 aliphatic heterocycles. The molecule has 4 N–H and O–H groups in total. The average molecular weight is 320 g/mol. The van der Waals surface area contributed by atoms with Gasteiger partial charge < -0.3 is 30.1 Å². The van der Waals surface area contributed by atoms with Crippen LogP contribution in [0, 0.1) is 12.8 Å². The van der Waals surface area contributed by atoms with E-state index in [0.717, 1.165) is 0 Å². The molecule has 7 nitrogen and oxygen atoms in total. The maximum atomic E-state index is 11.1. The van der Waals surface area contributed by atoms with Gasteiger partial charge in [-0.05, 0) is 19.4 Å².